The number of hydrogen-bond acceptors (Lipinski definition) is 6. The first kappa shape index (κ1) is 29.3. The molecule has 1 aliphatic heterocycles. The Bertz CT molecular complexity index is 1490. The number of unbranched alkanes of at least 4 members (excludes halogenated alkanes) is 1. The molecular weight excluding hydrogens is 577 g/mol. The first-order valence-electron chi connectivity index (χ1n) is 13.7. The van der Waals surface area contributed by atoms with Crippen LogP contribution >= 0.6 is 35.0 Å². The van der Waals surface area contributed by atoms with E-state index in [1.165, 1.54) is 5.56 Å². The summed E-state index contributed by atoms with van der Waals surface area (Å²) in [5, 5.41) is 10.8. The quantitative estimate of drug-likeness (QED) is 0.140. The third kappa shape index (κ3) is 7.00. The number of ether oxygens (including phenoxy) is 1. The zero-order valence-corrected chi connectivity index (χ0v) is 25.6. The molecule has 4 aromatic rings. The minimum atomic E-state index is 0.218. The lowest BCUT2D eigenvalue weighted by atomic mass is 10.1. The van der Waals surface area contributed by atoms with E-state index in [0.717, 1.165) is 78.4 Å². The highest BCUT2D eigenvalue weighted by Gasteiger charge is 2.23. The zero-order chi connectivity index (χ0) is 28.8. The summed E-state index contributed by atoms with van der Waals surface area (Å²) in [6.07, 6.45) is 2.26. The number of piperazine rings is 1. The van der Waals surface area contributed by atoms with Crippen LogP contribution in [0, 0.1) is 6.92 Å². The van der Waals surface area contributed by atoms with Gasteiger partial charge < -0.3 is 14.5 Å². The van der Waals surface area contributed by atoms with Gasteiger partial charge in [0.05, 0.1) is 28.5 Å². The molecule has 1 saturated heterocycles. The Balaban J connectivity index is 1.16. The Hall–Kier alpha value is -3.20. The topological polar surface area (TPSA) is 63.5 Å². The van der Waals surface area contributed by atoms with Gasteiger partial charge in [-0.2, -0.15) is 0 Å². The van der Waals surface area contributed by atoms with Crippen LogP contribution in [0.25, 0.3) is 17.1 Å². The Morgan fingerprint density at radius 1 is 0.927 bits per heavy atom. The number of methoxy groups -OCH3 is 1. The van der Waals surface area contributed by atoms with Gasteiger partial charge in [0.1, 0.15) is 5.75 Å². The van der Waals surface area contributed by atoms with Crippen LogP contribution in [0.2, 0.25) is 10.0 Å². The highest BCUT2D eigenvalue weighted by molar-refractivity contribution is 7.99. The standard InChI is InChI=1S/C31H33Cl2N5O2S/c1-22-10-12-23(13-11-22)30-34-35-31(38(30)24-14-15-25(32)26(33)21-24)41-20-6-5-9-29(39)37-18-16-36(17-19-37)27-7-3-4-8-28(27)40-2/h3-4,7-8,10-15,21H,5-6,9,16-20H2,1-2H3. The van der Waals surface area contributed by atoms with Crippen molar-refractivity contribution in [2.24, 2.45) is 0 Å². The number of aromatic nitrogens is 3. The fourth-order valence-corrected chi connectivity index (χ4v) is 6.14. The maximum atomic E-state index is 12.9. The largest absolute Gasteiger partial charge is 0.495 e. The molecule has 0 N–H and O–H groups in total. The van der Waals surface area contributed by atoms with Gasteiger partial charge in [-0.25, -0.2) is 0 Å². The summed E-state index contributed by atoms with van der Waals surface area (Å²) in [6, 6.07) is 21.8. The van der Waals surface area contributed by atoms with E-state index in [9.17, 15) is 4.79 Å². The van der Waals surface area contributed by atoms with Gasteiger partial charge in [-0.05, 0) is 50.1 Å². The molecule has 10 heteroatoms. The van der Waals surface area contributed by atoms with E-state index in [-0.39, 0.29) is 5.91 Å². The average molecular weight is 611 g/mol. The second kappa shape index (κ2) is 13.6. The van der Waals surface area contributed by atoms with Crippen molar-refractivity contribution in [3.05, 3.63) is 82.3 Å². The van der Waals surface area contributed by atoms with Crippen molar-refractivity contribution >= 4 is 46.6 Å². The minimum absolute atomic E-state index is 0.218. The first-order valence-corrected chi connectivity index (χ1v) is 15.4. The SMILES string of the molecule is COc1ccccc1N1CCN(C(=O)CCCCSc2nnc(-c3ccc(C)cc3)n2-c2ccc(Cl)c(Cl)c2)CC1. The molecular formula is C31H33Cl2N5O2S. The summed E-state index contributed by atoms with van der Waals surface area (Å²) >= 11 is 14.2. The van der Waals surface area contributed by atoms with Gasteiger partial charge in [0.25, 0.3) is 0 Å². The van der Waals surface area contributed by atoms with Crippen LogP contribution in [-0.2, 0) is 4.79 Å². The van der Waals surface area contributed by atoms with E-state index in [1.54, 1.807) is 24.9 Å². The van der Waals surface area contributed by atoms with Gasteiger partial charge in [0.15, 0.2) is 11.0 Å². The van der Waals surface area contributed by atoms with Crippen LogP contribution < -0.4 is 9.64 Å². The van der Waals surface area contributed by atoms with Crippen LogP contribution in [0.1, 0.15) is 24.8 Å². The lowest BCUT2D eigenvalue weighted by molar-refractivity contribution is -0.131. The summed E-state index contributed by atoms with van der Waals surface area (Å²) in [4.78, 5) is 17.2. The second-order valence-electron chi connectivity index (χ2n) is 9.95. The number of amides is 1. The number of halogens is 2. The van der Waals surface area contributed by atoms with Crippen molar-refractivity contribution in [2.45, 2.75) is 31.3 Å². The van der Waals surface area contributed by atoms with E-state index >= 15 is 0 Å². The number of thioether (sulfide) groups is 1. The maximum Gasteiger partial charge on any atom is 0.222 e. The van der Waals surface area contributed by atoms with Crippen LogP contribution in [0.3, 0.4) is 0 Å². The zero-order valence-electron chi connectivity index (χ0n) is 23.2. The number of rotatable bonds is 10. The fraction of sp³-hybridized carbons (Fsp3) is 0.323. The summed E-state index contributed by atoms with van der Waals surface area (Å²) in [7, 11) is 1.69. The highest BCUT2D eigenvalue weighted by atomic mass is 35.5. The van der Waals surface area contributed by atoms with Gasteiger partial charge in [0, 0.05) is 43.9 Å². The van der Waals surface area contributed by atoms with Crippen LogP contribution in [0.4, 0.5) is 5.69 Å². The number of aryl methyl sites for hydroxylation is 1. The number of para-hydroxylation sites is 2. The molecule has 5 rings (SSSR count). The lowest BCUT2D eigenvalue weighted by Gasteiger charge is -2.36. The number of carbonyl (C=O) groups excluding carboxylic acids is 1. The molecule has 0 radical (unpaired) electrons. The summed E-state index contributed by atoms with van der Waals surface area (Å²) in [6.45, 7) is 5.10. The lowest BCUT2D eigenvalue weighted by Crippen LogP contribution is -2.48. The molecule has 1 fully saturated rings. The number of nitrogens with zero attached hydrogens (tertiary/aromatic N) is 5. The molecule has 0 saturated carbocycles. The van der Waals surface area contributed by atoms with E-state index in [2.05, 4.69) is 40.2 Å². The molecule has 0 spiro atoms. The van der Waals surface area contributed by atoms with Gasteiger partial charge in [-0.15, -0.1) is 10.2 Å². The molecule has 0 aliphatic carbocycles. The number of carbonyl (C=O) groups is 1. The molecule has 41 heavy (non-hydrogen) atoms. The fourth-order valence-electron chi connectivity index (χ4n) is 4.90. The number of benzene rings is 3. The third-order valence-electron chi connectivity index (χ3n) is 7.18. The Kier molecular flexibility index (Phi) is 9.75. The Morgan fingerprint density at radius 2 is 1.68 bits per heavy atom. The predicted molar refractivity (Wildman–Crippen MR) is 168 cm³/mol. The summed E-state index contributed by atoms with van der Waals surface area (Å²) in [5.41, 5.74) is 4.08. The average Bonchev–Trinajstić information content (AvgIpc) is 3.42. The predicted octanol–water partition coefficient (Wildman–Crippen LogP) is 7.17. The molecule has 214 valence electrons. The maximum absolute atomic E-state index is 12.9. The highest BCUT2D eigenvalue weighted by Crippen LogP contribution is 2.32. The van der Waals surface area contributed by atoms with Gasteiger partial charge in [0.2, 0.25) is 5.91 Å². The molecule has 1 amide bonds. The van der Waals surface area contributed by atoms with E-state index in [1.807, 2.05) is 51.9 Å². The van der Waals surface area contributed by atoms with Crippen molar-refractivity contribution in [3.8, 4) is 22.8 Å². The molecule has 0 bridgehead atoms. The molecule has 3 aromatic carbocycles. The van der Waals surface area contributed by atoms with Crippen LogP contribution in [0.15, 0.2) is 71.9 Å². The molecule has 0 unspecified atom stereocenters. The summed E-state index contributed by atoms with van der Waals surface area (Å²) in [5.74, 6) is 2.65. The third-order valence-corrected chi connectivity index (χ3v) is 8.93. The Morgan fingerprint density at radius 3 is 2.41 bits per heavy atom. The summed E-state index contributed by atoms with van der Waals surface area (Å²) < 4.78 is 7.52. The second-order valence-corrected chi connectivity index (χ2v) is 11.8. The number of hydrogen-bond donors (Lipinski definition) is 0. The molecule has 1 aliphatic rings. The number of anilines is 1. The van der Waals surface area contributed by atoms with Gasteiger partial charge in [-0.1, -0.05) is 76.9 Å². The van der Waals surface area contributed by atoms with Crippen molar-refractivity contribution in [2.75, 3.05) is 43.9 Å². The van der Waals surface area contributed by atoms with Crippen molar-refractivity contribution in [3.63, 3.8) is 0 Å². The Labute approximate surface area is 255 Å². The van der Waals surface area contributed by atoms with Gasteiger partial charge in [-0.3, -0.25) is 9.36 Å². The first-order chi connectivity index (χ1) is 19.9. The molecule has 0 atom stereocenters. The minimum Gasteiger partial charge on any atom is -0.495 e. The van der Waals surface area contributed by atoms with Crippen molar-refractivity contribution < 1.29 is 9.53 Å². The molecule has 2 heterocycles. The smallest absolute Gasteiger partial charge is 0.222 e. The van der Waals surface area contributed by atoms with Crippen LogP contribution in [-0.4, -0.2) is 64.6 Å². The van der Waals surface area contributed by atoms with Crippen molar-refractivity contribution in [1.29, 1.82) is 0 Å². The molecule has 7 nitrogen and oxygen atoms in total. The monoisotopic (exact) mass is 609 g/mol. The van der Waals surface area contributed by atoms with Gasteiger partial charge >= 0.3 is 0 Å². The van der Waals surface area contributed by atoms with Crippen LogP contribution in [0.5, 0.6) is 5.75 Å². The van der Waals surface area contributed by atoms with E-state index in [4.69, 9.17) is 27.9 Å². The van der Waals surface area contributed by atoms with Crippen molar-refractivity contribution in [1.82, 2.24) is 19.7 Å². The van der Waals surface area contributed by atoms with E-state index in [0.29, 0.717) is 16.5 Å². The molecule has 1 aromatic heterocycles. The van der Waals surface area contributed by atoms with E-state index < -0.39 is 0 Å². The normalized spacial score (nSPS) is 13.5.